The van der Waals surface area contributed by atoms with Crippen LogP contribution in [-0.4, -0.2) is 31.5 Å². The van der Waals surface area contributed by atoms with Crippen LogP contribution >= 0.6 is 0 Å². The van der Waals surface area contributed by atoms with E-state index in [0.717, 1.165) is 25.8 Å². The largest absolute Gasteiger partial charge is 0.309 e. The Morgan fingerprint density at radius 2 is 1.87 bits per heavy atom. The molecule has 4 unspecified atom stereocenters. The Morgan fingerprint density at radius 1 is 1.09 bits per heavy atom. The van der Waals surface area contributed by atoms with Gasteiger partial charge < -0.3 is 5.32 Å². The van der Waals surface area contributed by atoms with Gasteiger partial charge in [-0.3, -0.25) is 4.79 Å². The number of sulfone groups is 1. The van der Waals surface area contributed by atoms with Crippen molar-refractivity contribution in [2.24, 2.45) is 11.8 Å². The van der Waals surface area contributed by atoms with Crippen molar-refractivity contribution >= 4 is 15.6 Å². The first-order valence-corrected chi connectivity index (χ1v) is 10.1. The number of hydrogen-bond donors (Lipinski definition) is 1. The molecule has 3 aliphatic rings. The molecule has 4 nitrogen and oxygen atoms in total. The molecule has 3 fully saturated rings. The summed E-state index contributed by atoms with van der Waals surface area (Å²) < 4.78 is 26.6. The van der Waals surface area contributed by atoms with Gasteiger partial charge in [0, 0.05) is 18.4 Å². The van der Waals surface area contributed by atoms with E-state index in [4.69, 9.17) is 0 Å². The summed E-state index contributed by atoms with van der Waals surface area (Å²) in [4.78, 5) is 12.7. The number of Topliss-reactive ketones (excluding diaryl/α,β-unsaturated/α-hetero) is 1. The Kier molecular flexibility index (Phi) is 3.61. The Hall–Kier alpha value is -1.20. The molecule has 0 spiro atoms. The molecule has 0 radical (unpaired) electrons. The van der Waals surface area contributed by atoms with Gasteiger partial charge in [0.1, 0.15) is 5.78 Å². The van der Waals surface area contributed by atoms with Crippen LogP contribution < -0.4 is 5.32 Å². The van der Waals surface area contributed by atoms with E-state index in [1.165, 1.54) is 0 Å². The smallest absolute Gasteiger partial charge is 0.183 e. The standard InChI is InChI=1S/C18H23NO3S/c20-14-11-13-8-9-17(18(12-14)16(13)7-4-10-19-18)23(21,22)15-5-2-1-3-6-15/h1-3,5-6,13,16-17,19H,4,7-12H2. The zero-order valence-corrected chi connectivity index (χ0v) is 14.0. The lowest BCUT2D eigenvalue weighted by Crippen LogP contribution is -2.70. The van der Waals surface area contributed by atoms with Crippen molar-refractivity contribution in [1.29, 1.82) is 0 Å². The maximum atomic E-state index is 13.3. The lowest BCUT2D eigenvalue weighted by atomic mass is 9.56. The Balaban J connectivity index is 1.80. The summed E-state index contributed by atoms with van der Waals surface area (Å²) >= 11 is 0. The molecule has 0 aromatic heterocycles. The summed E-state index contributed by atoms with van der Waals surface area (Å²) in [6.07, 6.45) is 4.67. The maximum Gasteiger partial charge on any atom is 0.183 e. The lowest BCUT2D eigenvalue weighted by Gasteiger charge is -2.57. The van der Waals surface area contributed by atoms with Crippen LogP contribution in [0.3, 0.4) is 0 Å². The fraction of sp³-hybridized carbons (Fsp3) is 0.611. The molecular formula is C18H23NO3S. The molecule has 1 saturated heterocycles. The minimum atomic E-state index is -3.43. The summed E-state index contributed by atoms with van der Waals surface area (Å²) in [5.41, 5.74) is -0.537. The second-order valence-electron chi connectivity index (χ2n) is 7.32. The van der Waals surface area contributed by atoms with Gasteiger partial charge in [0.2, 0.25) is 0 Å². The third kappa shape index (κ3) is 2.28. The molecule has 23 heavy (non-hydrogen) atoms. The number of nitrogens with one attached hydrogen (secondary N) is 1. The minimum Gasteiger partial charge on any atom is -0.309 e. The number of carbonyl (C=O) groups is 1. The first-order valence-electron chi connectivity index (χ1n) is 8.60. The van der Waals surface area contributed by atoms with Gasteiger partial charge in [0.05, 0.1) is 10.1 Å². The average molecular weight is 333 g/mol. The second kappa shape index (κ2) is 5.42. The molecule has 1 aromatic carbocycles. The van der Waals surface area contributed by atoms with Crippen LogP contribution in [0.5, 0.6) is 0 Å². The highest BCUT2D eigenvalue weighted by Crippen LogP contribution is 2.52. The van der Waals surface area contributed by atoms with Crippen molar-refractivity contribution in [2.45, 2.75) is 54.2 Å². The second-order valence-corrected chi connectivity index (χ2v) is 9.45. The van der Waals surface area contributed by atoms with E-state index >= 15 is 0 Å². The number of carbonyl (C=O) groups excluding carboxylic acids is 1. The summed E-state index contributed by atoms with van der Waals surface area (Å²) in [6, 6.07) is 8.74. The van der Waals surface area contributed by atoms with Crippen LogP contribution in [0.15, 0.2) is 35.2 Å². The fourth-order valence-electron chi connectivity index (χ4n) is 5.31. The molecule has 4 rings (SSSR count). The van der Waals surface area contributed by atoms with Gasteiger partial charge in [0.15, 0.2) is 9.84 Å². The zero-order chi connectivity index (χ0) is 16.1. The minimum absolute atomic E-state index is 0.230. The van der Waals surface area contributed by atoms with E-state index in [1.807, 2.05) is 6.07 Å². The summed E-state index contributed by atoms with van der Waals surface area (Å²) in [5.74, 6) is 0.922. The Morgan fingerprint density at radius 3 is 2.65 bits per heavy atom. The number of ketones is 1. The van der Waals surface area contributed by atoms with Gasteiger partial charge >= 0.3 is 0 Å². The normalized spacial score (nSPS) is 37.2. The number of hydrogen-bond acceptors (Lipinski definition) is 4. The van der Waals surface area contributed by atoms with E-state index in [0.29, 0.717) is 36.0 Å². The zero-order valence-electron chi connectivity index (χ0n) is 13.2. The van der Waals surface area contributed by atoms with Crippen molar-refractivity contribution in [3.63, 3.8) is 0 Å². The van der Waals surface area contributed by atoms with E-state index in [-0.39, 0.29) is 5.78 Å². The van der Waals surface area contributed by atoms with Crippen LogP contribution in [0, 0.1) is 11.8 Å². The van der Waals surface area contributed by atoms with E-state index in [1.54, 1.807) is 24.3 Å². The molecule has 1 heterocycles. The molecule has 5 heteroatoms. The molecule has 4 atom stereocenters. The highest BCUT2D eigenvalue weighted by Gasteiger charge is 2.59. The van der Waals surface area contributed by atoms with Crippen molar-refractivity contribution in [2.75, 3.05) is 6.54 Å². The van der Waals surface area contributed by atoms with Crippen LogP contribution in [0.1, 0.15) is 38.5 Å². The fourth-order valence-corrected chi connectivity index (χ4v) is 7.52. The highest BCUT2D eigenvalue weighted by molar-refractivity contribution is 7.92. The SMILES string of the molecule is O=C1CC2CCC(S(=O)(=O)c3ccccc3)C3(C1)NCCCC23. The van der Waals surface area contributed by atoms with Crippen LogP contribution in [-0.2, 0) is 14.6 Å². The number of benzene rings is 1. The number of piperidine rings is 1. The van der Waals surface area contributed by atoms with Gasteiger partial charge in [-0.25, -0.2) is 8.42 Å². The van der Waals surface area contributed by atoms with Crippen LogP contribution in [0.2, 0.25) is 0 Å². The van der Waals surface area contributed by atoms with Gasteiger partial charge in [-0.2, -0.15) is 0 Å². The van der Waals surface area contributed by atoms with Gasteiger partial charge in [-0.05, 0) is 56.2 Å². The third-order valence-electron chi connectivity index (χ3n) is 6.18. The molecular weight excluding hydrogens is 310 g/mol. The van der Waals surface area contributed by atoms with Crippen LogP contribution in [0.4, 0.5) is 0 Å². The molecule has 1 aromatic rings. The quantitative estimate of drug-likeness (QED) is 0.902. The van der Waals surface area contributed by atoms with Gasteiger partial charge in [0.25, 0.3) is 0 Å². The Bertz CT molecular complexity index is 715. The summed E-state index contributed by atoms with van der Waals surface area (Å²) in [7, 11) is -3.43. The van der Waals surface area contributed by atoms with Crippen LogP contribution in [0.25, 0.3) is 0 Å². The summed E-state index contributed by atoms with van der Waals surface area (Å²) in [5, 5.41) is 3.04. The molecule has 124 valence electrons. The average Bonchev–Trinajstić information content (AvgIpc) is 2.54. The maximum absolute atomic E-state index is 13.3. The first-order chi connectivity index (χ1) is 11.0. The van der Waals surface area contributed by atoms with Gasteiger partial charge in [-0.1, -0.05) is 18.2 Å². The molecule has 0 amide bonds. The van der Waals surface area contributed by atoms with Crippen molar-refractivity contribution in [3.8, 4) is 0 Å². The predicted molar refractivity (Wildman–Crippen MR) is 87.8 cm³/mol. The number of rotatable bonds is 2. The molecule has 2 saturated carbocycles. The molecule has 2 aliphatic carbocycles. The molecule has 2 bridgehead atoms. The molecule has 1 aliphatic heterocycles. The van der Waals surface area contributed by atoms with Crippen molar-refractivity contribution in [1.82, 2.24) is 5.32 Å². The lowest BCUT2D eigenvalue weighted by molar-refractivity contribution is -0.129. The summed E-state index contributed by atoms with van der Waals surface area (Å²) in [6.45, 7) is 0.817. The molecule has 1 N–H and O–H groups in total. The van der Waals surface area contributed by atoms with Gasteiger partial charge in [-0.15, -0.1) is 0 Å². The predicted octanol–water partition coefficient (Wildman–Crippen LogP) is 2.34. The van der Waals surface area contributed by atoms with E-state index in [9.17, 15) is 13.2 Å². The topological polar surface area (TPSA) is 63.2 Å². The van der Waals surface area contributed by atoms with Crippen molar-refractivity contribution in [3.05, 3.63) is 30.3 Å². The third-order valence-corrected chi connectivity index (χ3v) is 8.51. The van der Waals surface area contributed by atoms with E-state index < -0.39 is 20.6 Å². The monoisotopic (exact) mass is 333 g/mol. The van der Waals surface area contributed by atoms with Crippen molar-refractivity contribution < 1.29 is 13.2 Å². The first kappa shape index (κ1) is 15.3. The highest BCUT2D eigenvalue weighted by atomic mass is 32.2. The van der Waals surface area contributed by atoms with E-state index in [2.05, 4.69) is 5.32 Å². The Labute approximate surface area is 137 Å².